The molecule has 10 atom stereocenters. The van der Waals surface area contributed by atoms with E-state index in [-0.39, 0.29) is 141 Å². The highest BCUT2D eigenvalue weighted by Gasteiger charge is 2.50. The van der Waals surface area contributed by atoms with Gasteiger partial charge < -0.3 is 92.6 Å². The predicted octanol–water partition coefficient (Wildman–Crippen LogP) is 8.78. The zero-order valence-corrected chi connectivity index (χ0v) is 61.6. The molecule has 572 valence electrons. The number of phenolic OH excluding ortho intramolecular Hbond substituents is 2. The molecule has 8 amide bonds. The number of unbranched alkanes of at least 4 members (excludes halogenated alkanes) is 3. The molecular formula is C79H101ClN8O18. The molecule has 4 saturated carbocycles. The SMILES string of the molecule is CCCCCCC(C)CNC(=O)CC1NC(=O)C(NC(=O)CCC(C)C)C(C)c2ccc(cc2)Oc2cc(cc(Oc3ccc(C(O)CC(=O)NC(C(=O)NC4C5CC6CC(C5)CC4C6)c4cc(O)cc(OC)c4-c4cc(CC(N)=O)ccc4O)cc3Cl)c2OC2CC(O)CC(CO)O2)C(C(N)=O)NC1=O. The van der Waals surface area contributed by atoms with Crippen LogP contribution in [-0.4, -0.2) is 130 Å². The van der Waals surface area contributed by atoms with E-state index >= 15 is 4.79 Å². The van der Waals surface area contributed by atoms with Gasteiger partial charge in [-0.3, -0.25) is 38.4 Å². The summed E-state index contributed by atoms with van der Waals surface area (Å²) in [5.74, 6) is -6.33. The summed E-state index contributed by atoms with van der Waals surface area (Å²) in [5.41, 5.74) is 13.0. The standard InChI is InChI=1S/C79H101ClN8O18/c1-7-8-9-10-11-41(4)38-83-67(96)36-58-77(99)88-73(76(82)98)50-30-63(103-53-17-14-46(15-18-53)42(5)71(78(100)84-58)85-66(95)21-12-40(2)3)75(106-69-35-51(90)32-54(39-89)104-69)64(31-50)105-61-20-16-47(29-57(61)80)60(93)37-68(97)86-74(79(101)87-72-48-23-44-22-45(25-48)26-49(72)24-44)56-33-52(91)34-62(102-6)70(56)55-27-43(28-65(81)94)13-19-59(55)92/h13-20,27,29-31,33-34,40-42,44-45,48-49,51,54,58,60,69,71-74,89-93H,7-12,21-26,28,32,35-39H2,1-6H3,(H2,81,94)(H2,82,98)(H,83,96)(H,84,100)(H,85,95)(H,86,97)(H,87,101)(H,88,99). The number of methoxy groups -OCH3 is 1. The lowest BCUT2D eigenvalue weighted by Gasteiger charge is -2.54. The summed E-state index contributed by atoms with van der Waals surface area (Å²) in [5, 5.41) is 73.1. The fourth-order valence-corrected chi connectivity index (χ4v) is 15.9. The quantitative estimate of drug-likeness (QED) is 0.0191. The molecule has 5 aromatic carbocycles. The van der Waals surface area contributed by atoms with Crippen molar-refractivity contribution in [1.82, 2.24) is 31.9 Å². The van der Waals surface area contributed by atoms with Gasteiger partial charge in [0.15, 0.2) is 11.5 Å². The topological polar surface area (TPSA) is 408 Å². The highest BCUT2D eigenvalue weighted by molar-refractivity contribution is 6.32. The first-order chi connectivity index (χ1) is 50.6. The Hall–Kier alpha value is -9.21. The molecule has 7 aliphatic rings. The van der Waals surface area contributed by atoms with Gasteiger partial charge in [-0.25, -0.2) is 0 Å². The molecular weight excluding hydrogens is 1380 g/mol. The minimum Gasteiger partial charge on any atom is -0.508 e. The van der Waals surface area contributed by atoms with Crippen molar-refractivity contribution >= 4 is 58.9 Å². The zero-order valence-electron chi connectivity index (χ0n) is 60.8. The molecule has 0 radical (unpaired) electrons. The van der Waals surface area contributed by atoms with Crippen LogP contribution in [0.4, 0.5) is 0 Å². The minimum absolute atomic E-state index is 0.0156. The van der Waals surface area contributed by atoms with E-state index < -0.39 is 121 Å². The van der Waals surface area contributed by atoms with Crippen LogP contribution in [0.3, 0.4) is 0 Å². The average Bonchev–Trinajstić information content (AvgIpc) is 0.763. The molecule has 10 unspecified atom stereocenters. The van der Waals surface area contributed by atoms with Crippen LogP contribution in [-0.2, 0) is 49.5 Å². The number of carbonyl (C=O) groups excluding carboxylic acids is 8. The number of aliphatic hydroxyl groups excluding tert-OH is 3. The summed E-state index contributed by atoms with van der Waals surface area (Å²) in [7, 11) is 1.33. The largest absolute Gasteiger partial charge is 0.508 e. The maximum atomic E-state index is 15.2. The second kappa shape index (κ2) is 35.9. The maximum absolute atomic E-state index is 15.2. The summed E-state index contributed by atoms with van der Waals surface area (Å²) in [4.78, 5) is 113. The Morgan fingerprint density at radius 1 is 0.764 bits per heavy atom. The van der Waals surface area contributed by atoms with Crippen LogP contribution in [0.5, 0.6) is 46.0 Å². The van der Waals surface area contributed by atoms with Gasteiger partial charge in [0.1, 0.15) is 52.9 Å². The number of hydrogen-bond acceptors (Lipinski definition) is 18. The van der Waals surface area contributed by atoms with Crippen LogP contribution in [0.15, 0.2) is 84.9 Å². The van der Waals surface area contributed by atoms with Crippen molar-refractivity contribution < 1.29 is 87.6 Å². The Bertz CT molecular complexity index is 3980. The molecule has 1 saturated heterocycles. The molecule has 27 heteroatoms. The lowest BCUT2D eigenvalue weighted by atomic mass is 9.54. The molecule has 15 N–H and O–H groups in total. The predicted molar refractivity (Wildman–Crippen MR) is 392 cm³/mol. The second-order valence-corrected chi connectivity index (χ2v) is 30.3. The number of amides is 8. The summed E-state index contributed by atoms with van der Waals surface area (Å²) in [6.07, 6.45) is 4.17. The fourth-order valence-electron chi connectivity index (χ4n) is 15.7. The van der Waals surface area contributed by atoms with Gasteiger partial charge in [0.2, 0.25) is 59.3 Å². The van der Waals surface area contributed by atoms with Gasteiger partial charge >= 0.3 is 0 Å². The van der Waals surface area contributed by atoms with Crippen molar-refractivity contribution in [1.29, 1.82) is 0 Å². The summed E-state index contributed by atoms with van der Waals surface area (Å²) >= 11 is 7.11. The zero-order chi connectivity index (χ0) is 76.2. The smallest absolute Gasteiger partial charge is 0.247 e. The van der Waals surface area contributed by atoms with E-state index in [0.29, 0.717) is 29.4 Å². The summed E-state index contributed by atoms with van der Waals surface area (Å²) in [6, 6.07) is 13.6. The third-order valence-electron chi connectivity index (χ3n) is 21.0. The van der Waals surface area contributed by atoms with Gasteiger partial charge in [-0.05, 0) is 163 Å². The number of primary amides is 2. The number of nitrogens with one attached hydrogen (secondary N) is 6. The maximum Gasteiger partial charge on any atom is 0.247 e. The number of carbonyl (C=O) groups is 8. The average molecular weight is 1490 g/mol. The molecule has 4 aliphatic carbocycles. The molecule has 26 nitrogen and oxygen atoms in total. The van der Waals surface area contributed by atoms with Crippen molar-refractivity contribution in [2.24, 2.45) is 47.0 Å². The number of halogens is 1. The van der Waals surface area contributed by atoms with Crippen LogP contribution < -0.4 is 62.3 Å². The minimum atomic E-state index is -1.79. The molecule has 3 aliphatic heterocycles. The molecule has 5 fully saturated rings. The lowest BCUT2D eigenvalue weighted by molar-refractivity contribution is -0.185. The third kappa shape index (κ3) is 20.3. The highest BCUT2D eigenvalue weighted by atomic mass is 35.5. The van der Waals surface area contributed by atoms with Crippen LogP contribution in [0, 0.1) is 35.5 Å². The van der Waals surface area contributed by atoms with Crippen molar-refractivity contribution in [3.63, 3.8) is 0 Å². The Labute approximate surface area is 622 Å². The fraction of sp³-hybridized carbons (Fsp3) is 0.519. The van der Waals surface area contributed by atoms with Crippen LogP contribution in [0.1, 0.15) is 189 Å². The van der Waals surface area contributed by atoms with E-state index in [1.165, 1.54) is 67.8 Å². The number of benzene rings is 5. The number of hydrogen-bond donors (Lipinski definition) is 13. The molecule has 3 heterocycles. The molecule has 106 heavy (non-hydrogen) atoms. The van der Waals surface area contributed by atoms with E-state index in [9.17, 15) is 59.1 Å². The molecule has 12 rings (SSSR count). The first-order valence-corrected chi connectivity index (χ1v) is 37.3. The summed E-state index contributed by atoms with van der Waals surface area (Å²) in [6.45, 7) is 9.53. The van der Waals surface area contributed by atoms with Gasteiger partial charge in [-0.1, -0.05) is 96.2 Å². The van der Waals surface area contributed by atoms with Gasteiger partial charge in [0, 0.05) is 55.0 Å². The Kier molecular flexibility index (Phi) is 26.9. The van der Waals surface area contributed by atoms with Gasteiger partial charge in [-0.2, -0.15) is 0 Å². The highest BCUT2D eigenvalue weighted by Crippen LogP contribution is 2.54. The number of aromatic hydroxyl groups is 2. The Morgan fingerprint density at radius 3 is 2.15 bits per heavy atom. The van der Waals surface area contributed by atoms with Crippen molar-refractivity contribution in [3.8, 4) is 57.1 Å². The first-order valence-electron chi connectivity index (χ1n) is 36.9. The van der Waals surface area contributed by atoms with Crippen LogP contribution >= 0.6 is 11.6 Å². The number of phenols is 2. The molecule has 8 bridgehead atoms. The van der Waals surface area contributed by atoms with Crippen molar-refractivity contribution in [2.45, 2.75) is 205 Å². The van der Waals surface area contributed by atoms with E-state index in [1.54, 1.807) is 31.2 Å². The monoisotopic (exact) mass is 1480 g/mol. The first kappa shape index (κ1) is 79.4. The third-order valence-corrected chi connectivity index (χ3v) is 21.3. The number of aliphatic hydroxyl groups is 3. The van der Waals surface area contributed by atoms with Crippen LogP contribution in [0.25, 0.3) is 11.1 Å². The number of nitrogens with two attached hydrogens (primary N) is 2. The normalized spacial score (nSPS) is 24.1. The summed E-state index contributed by atoms with van der Waals surface area (Å²) < 4.78 is 31.7. The lowest BCUT2D eigenvalue weighted by Crippen LogP contribution is -2.57. The number of rotatable bonds is 30. The Morgan fingerprint density at radius 2 is 1.49 bits per heavy atom. The molecule has 5 aromatic rings. The Balaban J connectivity index is 0.990. The van der Waals surface area contributed by atoms with E-state index in [4.69, 9.17) is 46.8 Å². The van der Waals surface area contributed by atoms with Crippen molar-refractivity contribution in [3.05, 3.63) is 118 Å². The molecule has 0 spiro atoms. The van der Waals surface area contributed by atoms with E-state index in [2.05, 4.69) is 38.8 Å². The number of fused-ring (bicyclic) bond motifs is 9. The van der Waals surface area contributed by atoms with E-state index in [0.717, 1.165) is 64.2 Å². The van der Waals surface area contributed by atoms with E-state index in [1.807, 2.05) is 20.8 Å². The van der Waals surface area contributed by atoms with Gasteiger partial charge in [-0.15, -0.1) is 0 Å². The van der Waals surface area contributed by atoms with Gasteiger partial charge in [0.25, 0.3) is 0 Å². The van der Waals surface area contributed by atoms with Gasteiger partial charge in [0.05, 0.1) is 56.3 Å². The van der Waals surface area contributed by atoms with Crippen molar-refractivity contribution in [2.75, 3.05) is 20.3 Å². The molecule has 0 aromatic heterocycles. The van der Waals surface area contributed by atoms with Crippen LogP contribution in [0.2, 0.25) is 5.02 Å². The second-order valence-electron chi connectivity index (χ2n) is 29.8. The number of ether oxygens (including phenoxy) is 5.